The first-order valence-electron chi connectivity index (χ1n) is 5.42. The molecule has 0 bridgehead atoms. The number of halogens is 3. The van der Waals surface area contributed by atoms with E-state index in [0.29, 0.717) is 32.0 Å². The monoisotopic (exact) mass is 405 g/mol. The zero-order chi connectivity index (χ0) is 14.0. The number of benzene rings is 1. The van der Waals surface area contributed by atoms with E-state index in [4.69, 9.17) is 16.0 Å². The van der Waals surface area contributed by atoms with Gasteiger partial charge in [-0.25, -0.2) is 0 Å². The smallest absolute Gasteiger partial charge is 0.255 e. The highest BCUT2D eigenvalue weighted by molar-refractivity contribution is 9.10. The zero-order valence-electron chi connectivity index (χ0n) is 9.99. The van der Waals surface area contributed by atoms with Crippen molar-refractivity contribution < 1.29 is 9.21 Å². The van der Waals surface area contributed by atoms with Crippen LogP contribution < -0.4 is 0 Å². The predicted octanol–water partition coefficient (Wildman–Crippen LogP) is 4.73. The summed E-state index contributed by atoms with van der Waals surface area (Å²) in [4.78, 5) is 13.9. The number of furan rings is 1. The van der Waals surface area contributed by atoms with E-state index in [1.54, 1.807) is 36.2 Å². The first kappa shape index (κ1) is 14.6. The number of rotatable bonds is 3. The number of hydrogen-bond donors (Lipinski definition) is 0. The van der Waals surface area contributed by atoms with E-state index in [-0.39, 0.29) is 5.91 Å². The van der Waals surface area contributed by atoms with Gasteiger partial charge in [-0.3, -0.25) is 4.79 Å². The van der Waals surface area contributed by atoms with Crippen molar-refractivity contribution in [1.29, 1.82) is 0 Å². The van der Waals surface area contributed by atoms with Crippen LogP contribution in [0.1, 0.15) is 16.1 Å². The number of carbonyl (C=O) groups is 1. The Morgan fingerprint density at radius 1 is 1.32 bits per heavy atom. The van der Waals surface area contributed by atoms with Crippen LogP contribution in [0.5, 0.6) is 0 Å². The second kappa shape index (κ2) is 6.11. The summed E-state index contributed by atoms with van der Waals surface area (Å²) in [5, 5.41) is 0.417. The van der Waals surface area contributed by atoms with Gasteiger partial charge in [0.1, 0.15) is 5.76 Å². The normalized spacial score (nSPS) is 10.5. The van der Waals surface area contributed by atoms with E-state index in [1.807, 2.05) is 6.07 Å². The van der Waals surface area contributed by atoms with Gasteiger partial charge in [0.2, 0.25) is 0 Å². The molecule has 19 heavy (non-hydrogen) atoms. The molecule has 2 rings (SSSR count). The molecule has 0 aliphatic carbocycles. The number of hydrogen-bond acceptors (Lipinski definition) is 2. The van der Waals surface area contributed by atoms with Crippen molar-refractivity contribution in [3.05, 3.63) is 55.8 Å². The zero-order valence-corrected chi connectivity index (χ0v) is 13.9. The topological polar surface area (TPSA) is 33.5 Å². The van der Waals surface area contributed by atoms with Crippen LogP contribution in [0, 0.1) is 0 Å². The maximum absolute atomic E-state index is 12.3. The maximum atomic E-state index is 12.3. The van der Waals surface area contributed by atoms with Crippen LogP contribution in [0.4, 0.5) is 0 Å². The molecule has 0 radical (unpaired) electrons. The lowest BCUT2D eigenvalue weighted by Gasteiger charge is -2.16. The third-order valence-electron chi connectivity index (χ3n) is 2.55. The summed E-state index contributed by atoms with van der Waals surface area (Å²) in [5.74, 6) is 0.549. The molecular formula is C13H10Br2ClNO2. The van der Waals surface area contributed by atoms with Crippen LogP contribution in [-0.4, -0.2) is 17.9 Å². The van der Waals surface area contributed by atoms with Crippen LogP contribution in [0.15, 0.2) is 43.9 Å². The van der Waals surface area contributed by atoms with E-state index in [2.05, 4.69) is 31.9 Å². The summed E-state index contributed by atoms with van der Waals surface area (Å²) in [6.07, 6.45) is 0. The fourth-order valence-electron chi connectivity index (χ4n) is 1.62. The van der Waals surface area contributed by atoms with Gasteiger partial charge in [-0.2, -0.15) is 0 Å². The molecule has 1 amide bonds. The van der Waals surface area contributed by atoms with Crippen LogP contribution in [0.2, 0.25) is 5.02 Å². The first-order valence-corrected chi connectivity index (χ1v) is 7.39. The molecule has 0 saturated carbocycles. The Labute approximate surface area is 132 Å². The molecule has 6 heteroatoms. The highest BCUT2D eigenvalue weighted by Gasteiger charge is 2.17. The minimum Gasteiger partial charge on any atom is -0.452 e. The lowest BCUT2D eigenvalue weighted by Crippen LogP contribution is -2.26. The molecule has 2 aromatic rings. The molecule has 100 valence electrons. The third-order valence-corrected chi connectivity index (χ3v) is 4.27. The van der Waals surface area contributed by atoms with Gasteiger partial charge in [0.25, 0.3) is 5.91 Å². The van der Waals surface area contributed by atoms with Gasteiger partial charge >= 0.3 is 0 Å². The van der Waals surface area contributed by atoms with E-state index >= 15 is 0 Å². The molecular weight excluding hydrogens is 397 g/mol. The Balaban J connectivity index is 2.17. The van der Waals surface area contributed by atoms with Gasteiger partial charge in [0.15, 0.2) is 4.67 Å². The highest BCUT2D eigenvalue weighted by atomic mass is 79.9. The molecule has 0 spiro atoms. The molecule has 0 fully saturated rings. The summed E-state index contributed by atoms with van der Waals surface area (Å²) >= 11 is 12.6. The quantitative estimate of drug-likeness (QED) is 0.737. The Hall–Kier alpha value is -0.780. The summed E-state index contributed by atoms with van der Waals surface area (Å²) in [5.41, 5.74) is 0.462. The molecule has 0 N–H and O–H groups in total. The van der Waals surface area contributed by atoms with Crippen molar-refractivity contribution in [2.24, 2.45) is 0 Å². The highest BCUT2D eigenvalue weighted by Crippen LogP contribution is 2.27. The van der Waals surface area contributed by atoms with Crippen LogP contribution in [0.3, 0.4) is 0 Å². The van der Waals surface area contributed by atoms with Gasteiger partial charge < -0.3 is 9.32 Å². The summed E-state index contributed by atoms with van der Waals surface area (Å²) in [6, 6.07) is 8.88. The lowest BCUT2D eigenvalue weighted by molar-refractivity contribution is 0.0775. The Kier molecular flexibility index (Phi) is 4.71. The largest absolute Gasteiger partial charge is 0.452 e. The maximum Gasteiger partial charge on any atom is 0.255 e. The Bertz CT molecular complexity index is 612. The van der Waals surface area contributed by atoms with Gasteiger partial charge in [-0.1, -0.05) is 17.7 Å². The van der Waals surface area contributed by atoms with Crippen molar-refractivity contribution in [2.75, 3.05) is 7.05 Å². The fraction of sp³-hybridized carbons (Fsp3) is 0.154. The molecule has 0 unspecified atom stereocenters. The second-order valence-corrected chi connectivity index (χ2v) is 5.98. The lowest BCUT2D eigenvalue weighted by atomic mass is 10.2. The average molecular weight is 407 g/mol. The van der Waals surface area contributed by atoms with E-state index in [1.165, 1.54) is 0 Å². The number of amides is 1. The van der Waals surface area contributed by atoms with Gasteiger partial charge in [-0.15, -0.1) is 0 Å². The minimum atomic E-state index is -0.154. The molecule has 1 aromatic carbocycles. The minimum absolute atomic E-state index is 0.154. The van der Waals surface area contributed by atoms with Gasteiger partial charge in [0, 0.05) is 11.5 Å². The van der Waals surface area contributed by atoms with Crippen molar-refractivity contribution in [3.63, 3.8) is 0 Å². The van der Waals surface area contributed by atoms with E-state index < -0.39 is 0 Å². The van der Waals surface area contributed by atoms with Gasteiger partial charge in [0.05, 0.1) is 17.1 Å². The van der Waals surface area contributed by atoms with Crippen molar-refractivity contribution >= 4 is 49.4 Å². The second-order valence-electron chi connectivity index (χ2n) is 3.97. The van der Waals surface area contributed by atoms with Crippen molar-refractivity contribution in [2.45, 2.75) is 6.54 Å². The van der Waals surface area contributed by atoms with E-state index in [0.717, 1.165) is 0 Å². The van der Waals surface area contributed by atoms with E-state index in [9.17, 15) is 4.79 Å². The summed E-state index contributed by atoms with van der Waals surface area (Å²) < 4.78 is 6.72. The molecule has 0 saturated heterocycles. The third kappa shape index (κ3) is 3.41. The Morgan fingerprint density at radius 2 is 2.05 bits per heavy atom. The SMILES string of the molecule is CN(Cc1ccc(Br)o1)C(=O)c1cccc(Br)c1Cl. The molecule has 1 heterocycles. The number of nitrogens with zero attached hydrogens (tertiary/aromatic N) is 1. The first-order chi connectivity index (χ1) is 8.99. The standard InChI is InChI=1S/C13H10Br2ClNO2/c1-17(7-8-5-6-11(15)19-8)13(18)9-3-2-4-10(14)12(9)16/h2-6H,7H2,1H3. The van der Waals surface area contributed by atoms with Crippen LogP contribution in [-0.2, 0) is 6.54 Å². The summed E-state index contributed by atoms with van der Waals surface area (Å²) in [7, 11) is 1.70. The molecule has 1 aromatic heterocycles. The molecule has 3 nitrogen and oxygen atoms in total. The average Bonchev–Trinajstić information content (AvgIpc) is 2.77. The molecule has 0 aliphatic heterocycles. The Morgan fingerprint density at radius 3 is 2.68 bits per heavy atom. The van der Waals surface area contributed by atoms with Crippen LogP contribution in [0.25, 0.3) is 0 Å². The van der Waals surface area contributed by atoms with Crippen molar-refractivity contribution in [1.82, 2.24) is 4.90 Å². The molecule has 0 atom stereocenters. The van der Waals surface area contributed by atoms with Crippen molar-refractivity contribution in [3.8, 4) is 0 Å². The fourth-order valence-corrected chi connectivity index (χ4v) is 2.53. The number of carbonyl (C=O) groups excluding carboxylic acids is 1. The van der Waals surface area contributed by atoms with Gasteiger partial charge in [-0.05, 0) is 56.1 Å². The van der Waals surface area contributed by atoms with Crippen LogP contribution >= 0.6 is 43.5 Å². The summed E-state index contributed by atoms with van der Waals surface area (Å²) in [6.45, 7) is 0.382. The molecule has 0 aliphatic rings. The predicted molar refractivity (Wildman–Crippen MR) is 81.4 cm³/mol.